The van der Waals surface area contributed by atoms with Crippen LogP contribution in [0.15, 0.2) is 96.0 Å². The number of carbonyl (C=O) groups excluding carboxylic acids is 1. The third kappa shape index (κ3) is 3.94. The fourth-order valence-electron chi connectivity index (χ4n) is 3.93. The van der Waals surface area contributed by atoms with Crippen LogP contribution in [0.25, 0.3) is 10.9 Å². The summed E-state index contributed by atoms with van der Waals surface area (Å²) in [6.07, 6.45) is 2.42. The average Bonchev–Trinajstić information content (AvgIpc) is 3.58. The number of hydrogen-bond acceptors (Lipinski definition) is 4. The Labute approximate surface area is 186 Å². The number of hydrogen-bond donors (Lipinski definition) is 2. The van der Waals surface area contributed by atoms with Gasteiger partial charge in [-0.3, -0.25) is 14.5 Å². The van der Waals surface area contributed by atoms with E-state index in [9.17, 15) is 13.2 Å². The molecule has 4 aromatic rings. The molecule has 1 aliphatic carbocycles. The Bertz CT molecular complexity index is 1400. The molecule has 0 aliphatic heterocycles. The van der Waals surface area contributed by atoms with Crippen LogP contribution in [0.5, 0.6) is 0 Å². The number of fused-ring (bicyclic) bond motifs is 1. The predicted molar refractivity (Wildman–Crippen MR) is 124 cm³/mol. The van der Waals surface area contributed by atoms with Gasteiger partial charge in [-0.2, -0.15) is 0 Å². The largest absolute Gasteiger partial charge is 0.349 e. The van der Waals surface area contributed by atoms with E-state index in [1.807, 2.05) is 30.3 Å². The zero-order valence-corrected chi connectivity index (χ0v) is 17.9. The minimum atomic E-state index is -3.96. The van der Waals surface area contributed by atoms with Crippen LogP contribution in [0.2, 0.25) is 0 Å². The Balaban J connectivity index is 1.38. The monoisotopic (exact) mass is 443 g/mol. The second kappa shape index (κ2) is 8.09. The summed E-state index contributed by atoms with van der Waals surface area (Å²) in [5.74, 6) is -0.0199. The molecule has 0 bridgehead atoms. The number of nitrogens with one attached hydrogen (secondary N) is 2. The van der Waals surface area contributed by atoms with Crippen LogP contribution in [0.3, 0.4) is 0 Å². The van der Waals surface area contributed by atoms with Crippen LogP contribution >= 0.6 is 0 Å². The van der Waals surface area contributed by atoms with Crippen LogP contribution in [0, 0.1) is 0 Å². The molecule has 2 N–H and O–H groups in total. The summed E-state index contributed by atoms with van der Waals surface area (Å²) in [4.78, 5) is 17.3. The molecule has 1 fully saturated rings. The van der Waals surface area contributed by atoms with E-state index in [-0.39, 0.29) is 34.0 Å². The van der Waals surface area contributed by atoms with E-state index in [0.717, 1.165) is 11.8 Å². The molecule has 0 spiro atoms. The zero-order valence-electron chi connectivity index (χ0n) is 17.1. The molecule has 160 valence electrons. The van der Waals surface area contributed by atoms with Crippen molar-refractivity contribution in [3.05, 3.63) is 102 Å². The molecule has 3 aromatic carbocycles. The van der Waals surface area contributed by atoms with Gasteiger partial charge in [0, 0.05) is 23.5 Å². The fourth-order valence-corrected chi connectivity index (χ4v) is 5.19. The summed E-state index contributed by atoms with van der Waals surface area (Å²) in [5.41, 5.74) is 2.08. The number of pyridine rings is 1. The molecule has 0 saturated heterocycles. The molecule has 1 aromatic heterocycles. The number of carbonyl (C=O) groups is 1. The van der Waals surface area contributed by atoms with E-state index in [0.29, 0.717) is 5.52 Å². The molecule has 7 heteroatoms. The lowest BCUT2D eigenvalue weighted by Gasteiger charge is -2.14. The van der Waals surface area contributed by atoms with Crippen molar-refractivity contribution in [3.63, 3.8) is 0 Å². The van der Waals surface area contributed by atoms with E-state index in [1.54, 1.807) is 42.6 Å². The normalized spacial score (nSPS) is 17.6. The highest BCUT2D eigenvalue weighted by atomic mass is 32.2. The van der Waals surface area contributed by atoms with E-state index in [2.05, 4.69) is 27.2 Å². The van der Waals surface area contributed by atoms with Crippen molar-refractivity contribution in [2.24, 2.45) is 0 Å². The second-order valence-electron chi connectivity index (χ2n) is 7.82. The Hall–Kier alpha value is -3.71. The van der Waals surface area contributed by atoms with Crippen molar-refractivity contribution in [3.8, 4) is 0 Å². The van der Waals surface area contributed by atoms with Crippen molar-refractivity contribution >= 4 is 32.5 Å². The number of para-hydroxylation sites is 2. The van der Waals surface area contributed by atoms with Gasteiger partial charge in [-0.05, 0) is 36.2 Å². The van der Waals surface area contributed by atoms with Crippen LogP contribution in [-0.2, 0) is 10.0 Å². The van der Waals surface area contributed by atoms with Gasteiger partial charge in [0.25, 0.3) is 15.9 Å². The molecule has 1 aliphatic rings. The number of rotatable bonds is 6. The van der Waals surface area contributed by atoms with Crippen LogP contribution < -0.4 is 10.0 Å². The number of amides is 1. The highest BCUT2D eigenvalue weighted by molar-refractivity contribution is 7.93. The summed E-state index contributed by atoms with van der Waals surface area (Å²) >= 11 is 0. The Morgan fingerprint density at radius 3 is 2.47 bits per heavy atom. The third-order valence-electron chi connectivity index (χ3n) is 5.64. The molecule has 1 saturated carbocycles. The van der Waals surface area contributed by atoms with Gasteiger partial charge in [-0.1, -0.05) is 60.7 Å². The number of nitrogens with zero attached hydrogens (tertiary/aromatic N) is 1. The minimum Gasteiger partial charge on any atom is -0.349 e. The van der Waals surface area contributed by atoms with E-state index < -0.39 is 10.0 Å². The summed E-state index contributed by atoms with van der Waals surface area (Å²) in [5, 5.41) is 3.75. The molecule has 2 atom stereocenters. The van der Waals surface area contributed by atoms with Gasteiger partial charge in [-0.25, -0.2) is 8.42 Å². The maximum Gasteiger partial charge on any atom is 0.264 e. The number of sulfonamides is 1. The highest BCUT2D eigenvalue weighted by Gasteiger charge is 2.39. The molecule has 5 rings (SSSR count). The number of aromatic nitrogens is 1. The smallest absolute Gasteiger partial charge is 0.264 e. The molecule has 1 amide bonds. The van der Waals surface area contributed by atoms with Crippen LogP contribution in [-0.4, -0.2) is 25.4 Å². The molecule has 0 radical (unpaired) electrons. The summed E-state index contributed by atoms with van der Waals surface area (Å²) in [6, 6.07) is 25.3. The van der Waals surface area contributed by atoms with Gasteiger partial charge < -0.3 is 5.32 Å². The van der Waals surface area contributed by atoms with Crippen LogP contribution in [0.4, 0.5) is 5.69 Å². The van der Waals surface area contributed by atoms with Crippen LogP contribution in [0.1, 0.15) is 28.3 Å². The van der Waals surface area contributed by atoms with E-state index in [4.69, 9.17) is 0 Å². The zero-order chi connectivity index (χ0) is 22.1. The maximum atomic E-state index is 13.2. The number of benzene rings is 3. The lowest BCUT2D eigenvalue weighted by atomic mass is 10.1. The number of anilines is 1. The van der Waals surface area contributed by atoms with Gasteiger partial charge >= 0.3 is 0 Å². The SMILES string of the molecule is O=C(NC1CC1c1ccccc1)c1ccccc1NS(=O)(=O)c1cccc2cccnc12. The van der Waals surface area contributed by atoms with Gasteiger partial charge in [-0.15, -0.1) is 0 Å². The second-order valence-corrected chi connectivity index (χ2v) is 9.47. The fraction of sp³-hybridized carbons (Fsp3) is 0.120. The first-order valence-electron chi connectivity index (χ1n) is 10.3. The maximum absolute atomic E-state index is 13.2. The topological polar surface area (TPSA) is 88.2 Å². The minimum absolute atomic E-state index is 0.0387. The Kier molecular flexibility index (Phi) is 5.11. The first-order chi connectivity index (χ1) is 15.5. The lowest BCUT2D eigenvalue weighted by molar-refractivity contribution is 0.0951. The van der Waals surface area contributed by atoms with Crippen molar-refractivity contribution < 1.29 is 13.2 Å². The quantitative estimate of drug-likeness (QED) is 0.465. The Morgan fingerprint density at radius 2 is 1.62 bits per heavy atom. The molecule has 6 nitrogen and oxygen atoms in total. The lowest BCUT2D eigenvalue weighted by Crippen LogP contribution is -2.28. The van der Waals surface area contributed by atoms with Crippen molar-refractivity contribution in [1.82, 2.24) is 10.3 Å². The van der Waals surface area contributed by atoms with Crippen molar-refractivity contribution in [1.29, 1.82) is 0 Å². The van der Waals surface area contributed by atoms with Crippen molar-refractivity contribution in [2.45, 2.75) is 23.3 Å². The van der Waals surface area contributed by atoms with Gasteiger partial charge in [0.1, 0.15) is 4.90 Å². The third-order valence-corrected chi connectivity index (χ3v) is 7.03. The van der Waals surface area contributed by atoms with E-state index >= 15 is 0 Å². The molecular weight excluding hydrogens is 422 g/mol. The van der Waals surface area contributed by atoms with Gasteiger partial charge in [0.2, 0.25) is 0 Å². The van der Waals surface area contributed by atoms with Crippen molar-refractivity contribution in [2.75, 3.05) is 4.72 Å². The molecule has 2 unspecified atom stereocenters. The van der Waals surface area contributed by atoms with Gasteiger partial charge in [0.05, 0.1) is 16.8 Å². The molecule has 1 heterocycles. The van der Waals surface area contributed by atoms with Gasteiger partial charge in [0.15, 0.2) is 0 Å². The molecule has 32 heavy (non-hydrogen) atoms. The standard InChI is InChI=1S/C25H21N3O3S/c29-25(27-22-16-20(22)17-8-2-1-3-9-17)19-12-4-5-13-21(19)28-32(30,31)23-14-6-10-18-11-7-15-26-24(18)23/h1-15,20,22,28H,16H2,(H,27,29). The first kappa shape index (κ1) is 20.2. The average molecular weight is 444 g/mol. The highest BCUT2D eigenvalue weighted by Crippen LogP contribution is 2.41. The summed E-state index contributed by atoms with van der Waals surface area (Å²) in [6.45, 7) is 0. The summed E-state index contributed by atoms with van der Waals surface area (Å²) < 4.78 is 28.9. The first-order valence-corrected chi connectivity index (χ1v) is 11.8. The van der Waals surface area contributed by atoms with E-state index in [1.165, 1.54) is 11.6 Å². The summed E-state index contributed by atoms with van der Waals surface area (Å²) in [7, 11) is -3.96. The predicted octanol–water partition coefficient (Wildman–Crippen LogP) is 4.32. The Morgan fingerprint density at radius 1 is 0.875 bits per heavy atom. The molecular formula is C25H21N3O3S.